The number of hydrogen-bond acceptors (Lipinski definition) is 5. The fraction of sp³-hybridized carbons (Fsp3) is 0.300. The van der Waals surface area contributed by atoms with E-state index in [1.165, 1.54) is 10.1 Å². The number of carbonyl (C=O) groups excluding carboxylic acids is 1. The van der Waals surface area contributed by atoms with Gasteiger partial charge in [0.1, 0.15) is 0 Å². The van der Waals surface area contributed by atoms with Gasteiger partial charge in [0.05, 0.1) is 17.8 Å². The highest BCUT2D eigenvalue weighted by Crippen LogP contribution is 2.32. The first kappa shape index (κ1) is 17.0. The Morgan fingerprint density at radius 2 is 2.11 bits per heavy atom. The normalized spacial score (nSPS) is 16.9. The van der Waals surface area contributed by atoms with Crippen LogP contribution in [0, 0.1) is 0 Å². The van der Waals surface area contributed by atoms with Crippen LogP contribution in [0.5, 0.6) is 0 Å². The summed E-state index contributed by atoms with van der Waals surface area (Å²) in [6.45, 7) is 3.84. The van der Waals surface area contributed by atoms with Crippen LogP contribution >= 0.6 is 23.1 Å². The van der Waals surface area contributed by atoms with Crippen LogP contribution in [-0.4, -0.2) is 41.5 Å². The molecule has 27 heavy (non-hydrogen) atoms. The van der Waals surface area contributed by atoms with Crippen molar-refractivity contribution in [3.8, 4) is 0 Å². The van der Waals surface area contributed by atoms with Gasteiger partial charge in [-0.25, -0.2) is 0 Å². The summed E-state index contributed by atoms with van der Waals surface area (Å²) in [6, 6.07) is 12.4. The molecule has 5 nitrogen and oxygen atoms in total. The molecule has 2 aliphatic heterocycles. The highest BCUT2D eigenvalue weighted by Gasteiger charge is 2.24. The lowest BCUT2D eigenvalue weighted by Gasteiger charge is -2.18. The Bertz CT molecular complexity index is 1030. The van der Waals surface area contributed by atoms with Gasteiger partial charge in [-0.3, -0.25) is 9.69 Å². The van der Waals surface area contributed by atoms with Gasteiger partial charge in [0.25, 0.3) is 0 Å². The van der Waals surface area contributed by atoms with Crippen molar-refractivity contribution >= 4 is 50.6 Å². The Morgan fingerprint density at radius 1 is 1.22 bits per heavy atom. The average molecular weight is 399 g/mol. The molecule has 1 fully saturated rings. The number of nitrogens with one attached hydrogen (secondary N) is 1. The first-order valence-electron chi connectivity index (χ1n) is 9.10. The predicted molar refractivity (Wildman–Crippen MR) is 111 cm³/mol. The molecule has 0 atom stereocenters. The van der Waals surface area contributed by atoms with Gasteiger partial charge >= 0.3 is 0 Å². The fourth-order valence-corrected chi connectivity index (χ4v) is 4.92. The molecule has 1 N–H and O–H groups in total. The number of hydrogen-bond donors (Lipinski definition) is 1. The zero-order valence-electron chi connectivity index (χ0n) is 14.7. The van der Waals surface area contributed by atoms with E-state index in [1.807, 2.05) is 6.07 Å². The minimum Gasteiger partial charge on any atom is -0.341 e. The SMILES string of the molecule is O=C1Cc2cc(CCN3CCN(c4nsc5ccccc45)C3)c(Cl)cc2N1. The Labute approximate surface area is 166 Å². The van der Waals surface area contributed by atoms with E-state index < -0.39 is 0 Å². The molecular formula is C20H19ClN4OS. The highest BCUT2D eigenvalue weighted by atomic mass is 35.5. The molecule has 0 aliphatic carbocycles. The van der Waals surface area contributed by atoms with E-state index in [9.17, 15) is 4.79 Å². The van der Waals surface area contributed by atoms with E-state index in [-0.39, 0.29) is 5.91 Å². The van der Waals surface area contributed by atoms with Gasteiger partial charge in [0.2, 0.25) is 5.91 Å². The lowest BCUT2D eigenvalue weighted by atomic mass is 10.1. The summed E-state index contributed by atoms with van der Waals surface area (Å²) < 4.78 is 5.91. The number of halogens is 1. The summed E-state index contributed by atoms with van der Waals surface area (Å²) in [4.78, 5) is 16.3. The number of amides is 1. The van der Waals surface area contributed by atoms with Gasteiger partial charge in [-0.2, -0.15) is 4.37 Å². The average Bonchev–Trinajstić information content (AvgIpc) is 3.36. The van der Waals surface area contributed by atoms with Crippen LogP contribution in [0.3, 0.4) is 0 Å². The number of carbonyl (C=O) groups is 1. The summed E-state index contributed by atoms with van der Waals surface area (Å²) in [5.74, 6) is 1.14. The van der Waals surface area contributed by atoms with E-state index >= 15 is 0 Å². The number of rotatable bonds is 4. The zero-order valence-corrected chi connectivity index (χ0v) is 16.3. The van der Waals surface area contributed by atoms with Gasteiger partial charge in [0, 0.05) is 35.7 Å². The van der Waals surface area contributed by atoms with Crippen molar-refractivity contribution in [2.75, 3.05) is 36.5 Å². The number of nitrogens with zero attached hydrogens (tertiary/aromatic N) is 3. The van der Waals surface area contributed by atoms with Crippen molar-refractivity contribution in [3.05, 3.63) is 52.5 Å². The van der Waals surface area contributed by atoms with Gasteiger partial charge in [-0.1, -0.05) is 29.8 Å². The number of fused-ring (bicyclic) bond motifs is 2. The number of anilines is 2. The molecule has 0 saturated carbocycles. The van der Waals surface area contributed by atoms with Crippen LogP contribution in [0.15, 0.2) is 36.4 Å². The predicted octanol–water partition coefficient (Wildman–Crippen LogP) is 3.77. The Balaban J connectivity index is 1.26. The molecule has 7 heteroatoms. The van der Waals surface area contributed by atoms with Gasteiger partial charge < -0.3 is 10.2 Å². The molecular weight excluding hydrogens is 380 g/mol. The maximum Gasteiger partial charge on any atom is 0.228 e. The largest absolute Gasteiger partial charge is 0.341 e. The lowest BCUT2D eigenvalue weighted by Crippen LogP contribution is -2.27. The lowest BCUT2D eigenvalue weighted by molar-refractivity contribution is -0.115. The van der Waals surface area contributed by atoms with Crippen molar-refractivity contribution in [2.45, 2.75) is 12.8 Å². The topological polar surface area (TPSA) is 48.5 Å². The Hall–Kier alpha value is -2.15. The van der Waals surface area contributed by atoms with E-state index in [2.05, 4.69) is 49.8 Å². The third kappa shape index (κ3) is 3.18. The monoisotopic (exact) mass is 398 g/mol. The number of benzene rings is 2. The van der Waals surface area contributed by atoms with Crippen molar-refractivity contribution < 1.29 is 4.79 Å². The van der Waals surface area contributed by atoms with Crippen molar-refractivity contribution in [1.29, 1.82) is 0 Å². The first-order valence-corrected chi connectivity index (χ1v) is 10.3. The molecule has 2 aromatic carbocycles. The molecule has 0 spiro atoms. The second-order valence-electron chi connectivity index (χ2n) is 7.10. The summed E-state index contributed by atoms with van der Waals surface area (Å²) in [7, 11) is 0. The smallest absolute Gasteiger partial charge is 0.228 e. The third-order valence-electron chi connectivity index (χ3n) is 5.31. The summed E-state index contributed by atoms with van der Waals surface area (Å²) in [6.07, 6.45) is 1.33. The first-order chi connectivity index (χ1) is 13.2. The fourth-order valence-electron chi connectivity index (χ4n) is 3.87. The minimum atomic E-state index is 0.0453. The molecule has 1 aromatic heterocycles. The van der Waals surface area contributed by atoms with E-state index in [0.29, 0.717) is 6.42 Å². The van der Waals surface area contributed by atoms with Gasteiger partial charge in [0.15, 0.2) is 5.82 Å². The summed E-state index contributed by atoms with van der Waals surface area (Å²) in [5.41, 5.74) is 3.03. The second kappa shape index (κ2) is 6.78. The molecule has 3 aromatic rings. The Kier molecular flexibility index (Phi) is 4.27. The molecule has 0 radical (unpaired) electrons. The molecule has 3 heterocycles. The summed E-state index contributed by atoms with van der Waals surface area (Å²) >= 11 is 7.99. The van der Waals surface area contributed by atoms with Crippen LogP contribution in [0.1, 0.15) is 11.1 Å². The number of aromatic nitrogens is 1. The molecule has 138 valence electrons. The van der Waals surface area contributed by atoms with Crippen LogP contribution in [-0.2, 0) is 17.6 Å². The molecule has 1 amide bonds. The quantitative estimate of drug-likeness (QED) is 0.726. The van der Waals surface area contributed by atoms with Gasteiger partial charge in [-0.15, -0.1) is 0 Å². The van der Waals surface area contributed by atoms with Crippen molar-refractivity contribution in [3.63, 3.8) is 0 Å². The minimum absolute atomic E-state index is 0.0453. The second-order valence-corrected chi connectivity index (χ2v) is 8.31. The maximum atomic E-state index is 11.6. The highest BCUT2D eigenvalue weighted by molar-refractivity contribution is 7.13. The zero-order chi connectivity index (χ0) is 18.4. The Morgan fingerprint density at radius 3 is 3.04 bits per heavy atom. The third-order valence-corrected chi connectivity index (χ3v) is 6.48. The summed E-state index contributed by atoms with van der Waals surface area (Å²) in [5, 5.41) is 4.83. The van der Waals surface area contributed by atoms with E-state index in [0.717, 1.165) is 60.4 Å². The van der Waals surface area contributed by atoms with Crippen LogP contribution in [0.4, 0.5) is 11.5 Å². The molecule has 5 rings (SSSR count). The van der Waals surface area contributed by atoms with Crippen molar-refractivity contribution in [1.82, 2.24) is 9.27 Å². The molecule has 0 bridgehead atoms. The maximum absolute atomic E-state index is 11.6. The van der Waals surface area contributed by atoms with Crippen LogP contribution in [0.2, 0.25) is 5.02 Å². The standard InChI is InChI=1S/C20H19ClN4OS/c21-16-11-17-14(10-19(26)22-17)9-13(16)5-6-24-7-8-25(12-24)20-15-3-1-2-4-18(15)27-23-20/h1-4,9,11H,5-8,10,12H2,(H,22,26). The van der Waals surface area contributed by atoms with Crippen molar-refractivity contribution in [2.24, 2.45) is 0 Å². The van der Waals surface area contributed by atoms with Crippen LogP contribution in [0.25, 0.3) is 10.1 Å². The van der Waals surface area contributed by atoms with E-state index in [4.69, 9.17) is 11.6 Å². The molecule has 2 aliphatic rings. The van der Waals surface area contributed by atoms with E-state index in [1.54, 1.807) is 11.5 Å². The molecule has 0 unspecified atom stereocenters. The van der Waals surface area contributed by atoms with Gasteiger partial charge in [-0.05, 0) is 47.3 Å². The van der Waals surface area contributed by atoms with Crippen LogP contribution < -0.4 is 10.2 Å². The molecule has 1 saturated heterocycles.